The highest BCUT2D eigenvalue weighted by Gasteiger charge is 2.43. The summed E-state index contributed by atoms with van der Waals surface area (Å²) in [5.74, 6) is 0.811. The smallest absolute Gasteiger partial charge is 0.213 e. The molecule has 2 fully saturated rings. The summed E-state index contributed by atoms with van der Waals surface area (Å²) in [6, 6.07) is 6.69. The molecule has 0 aromatic heterocycles. The lowest BCUT2D eigenvalue weighted by atomic mass is 10.0. The molecule has 0 saturated carbocycles. The second kappa shape index (κ2) is 5.66. The van der Waals surface area contributed by atoms with Crippen LogP contribution in [0.15, 0.2) is 24.3 Å². The van der Waals surface area contributed by atoms with Gasteiger partial charge in [0.05, 0.1) is 5.75 Å². The minimum absolute atomic E-state index is 0.180. The van der Waals surface area contributed by atoms with Crippen molar-refractivity contribution in [2.24, 2.45) is 11.8 Å². The third-order valence-corrected chi connectivity index (χ3v) is 6.40. The van der Waals surface area contributed by atoms with Gasteiger partial charge < -0.3 is 0 Å². The van der Waals surface area contributed by atoms with Crippen LogP contribution in [0.25, 0.3) is 0 Å². The highest BCUT2D eigenvalue weighted by Crippen LogP contribution is 2.33. The summed E-state index contributed by atoms with van der Waals surface area (Å²) in [5, 5.41) is 0. The van der Waals surface area contributed by atoms with Crippen molar-refractivity contribution in [3.8, 4) is 0 Å². The lowest BCUT2D eigenvalue weighted by Gasteiger charge is -2.21. The van der Waals surface area contributed by atoms with Gasteiger partial charge in [0.15, 0.2) is 0 Å². The van der Waals surface area contributed by atoms with Crippen molar-refractivity contribution in [2.45, 2.75) is 13.5 Å². The third kappa shape index (κ3) is 3.12. The first-order valence-electron chi connectivity index (χ1n) is 7.42. The first-order valence-corrected chi connectivity index (χ1v) is 9.03. The molecule has 0 N–H and O–H groups in total. The van der Waals surface area contributed by atoms with Crippen molar-refractivity contribution in [1.82, 2.24) is 9.21 Å². The van der Waals surface area contributed by atoms with Gasteiger partial charge in [0.1, 0.15) is 5.82 Å². The molecule has 2 aliphatic rings. The molecule has 0 aliphatic carbocycles. The molecule has 21 heavy (non-hydrogen) atoms. The molecule has 0 spiro atoms. The van der Waals surface area contributed by atoms with Crippen molar-refractivity contribution in [3.05, 3.63) is 35.6 Å². The Labute approximate surface area is 125 Å². The van der Waals surface area contributed by atoms with E-state index in [2.05, 4.69) is 4.90 Å². The Balaban J connectivity index is 1.60. The van der Waals surface area contributed by atoms with E-state index in [0.29, 0.717) is 24.9 Å². The molecule has 2 aliphatic heterocycles. The molecule has 0 radical (unpaired) electrons. The van der Waals surface area contributed by atoms with E-state index in [4.69, 9.17) is 0 Å². The highest BCUT2D eigenvalue weighted by molar-refractivity contribution is 7.89. The minimum Gasteiger partial charge on any atom is -0.298 e. The first-order chi connectivity index (χ1) is 9.98. The van der Waals surface area contributed by atoms with Gasteiger partial charge in [-0.05, 0) is 36.5 Å². The standard InChI is InChI=1S/C15H21FN2O2S/c1-2-21(19,20)18-10-13-8-17(9-14(13)11-18)7-12-4-3-5-15(16)6-12/h3-6,13-14H,2,7-11H2,1H3. The lowest BCUT2D eigenvalue weighted by molar-refractivity contribution is 0.289. The maximum atomic E-state index is 13.2. The maximum Gasteiger partial charge on any atom is 0.213 e. The van der Waals surface area contributed by atoms with E-state index in [0.717, 1.165) is 25.2 Å². The monoisotopic (exact) mass is 312 g/mol. The summed E-state index contributed by atoms with van der Waals surface area (Å²) in [4.78, 5) is 2.31. The number of hydrogen-bond donors (Lipinski definition) is 0. The number of fused-ring (bicyclic) bond motifs is 1. The SMILES string of the molecule is CCS(=O)(=O)N1CC2CN(Cc3cccc(F)c3)CC2C1. The predicted octanol–water partition coefficient (Wildman–Crippen LogP) is 1.54. The highest BCUT2D eigenvalue weighted by atomic mass is 32.2. The minimum atomic E-state index is -3.06. The van der Waals surface area contributed by atoms with Gasteiger partial charge >= 0.3 is 0 Å². The number of benzene rings is 1. The van der Waals surface area contributed by atoms with Crippen LogP contribution < -0.4 is 0 Å². The van der Waals surface area contributed by atoms with E-state index < -0.39 is 10.0 Å². The zero-order valence-corrected chi connectivity index (χ0v) is 13.0. The largest absolute Gasteiger partial charge is 0.298 e. The Hall–Kier alpha value is -0.980. The van der Waals surface area contributed by atoms with Gasteiger partial charge in [0.2, 0.25) is 10.0 Å². The van der Waals surface area contributed by atoms with Gasteiger partial charge in [0.25, 0.3) is 0 Å². The van der Waals surface area contributed by atoms with Gasteiger partial charge in [0, 0.05) is 32.7 Å². The Morgan fingerprint density at radius 2 is 1.86 bits per heavy atom. The molecule has 1 aromatic carbocycles. The van der Waals surface area contributed by atoms with Crippen molar-refractivity contribution in [2.75, 3.05) is 31.9 Å². The molecule has 116 valence electrons. The van der Waals surface area contributed by atoms with Gasteiger partial charge in [-0.2, -0.15) is 0 Å². The van der Waals surface area contributed by atoms with Crippen LogP contribution in [0.5, 0.6) is 0 Å². The predicted molar refractivity (Wildman–Crippen MR) is 79.7 cm³/mol. The molecular formula is C15H21FN2O2S. The van der Waals surface area contributed by atoms with Gasteiger partial charge in [-0.15, -0.1) is 0 Å². The number of hydrogen-bond acceptors (Lipinski definition) is 3. The number of likely N-dealkylation sites (tertiary alicyclic amines) is 1. The van der Waals surface area contributed by atoms with Crippen LogP contribution in [0.1, 0.15) is 12.5 Å². The number of sulfonamides is 1. The van der Waals surface area contributed by atoms with E-state index in [-0.39, 0.29) is 11.6 Å². The summed E-state index contributed by atoms with van der Waals surface area (Å²) < 4.78 is 38.7. The van der Waals surface area contributed by atoms with E-state index in [1.807, 2.05) is 6.07 Å². The fourth-order valence-corrected chi connectivity index (χ4v) is 4.68. The first kappa shape index (κ1) is 14.9. The van der Waals surface area contributed by atoms with Crippen molar-refractivity contribution in [1.29, 1.82) is 0 Å². The summed E-state index contributed by atoms with van der Waals surface area (Å²) in [6.07, 6.45) is 0. The van der Waals surface area contributed by atoms with Crippen molar-refractivity contribution in [3.63, 3.8) is 0 Å². The molecule has 2 saturated heterocycles. The molecule has 2 atom stereocenters. The third-order valence-electron chi connectivity index (χ3n) is 4.58. The fraction of sp³-hybridized carbons (Fsp3) is 0.600. The van der Waals surface area contributed by atoms with Crippen LogP contribution in [-0.4, -0.2) is 49.6 Å². The molecule has 2 unspecified atom stereocenters. The number of nitrogens with zero attached hydrogens (tertiary/aromatic N) is 2. The van der Waals surface area contributed by atoms with Gasteiger partial charge in [-0.3, -0.25) is 4.90 Å². The Morgan fingerprint density at radius 3 is 2.43 bits per heavy atom. The van der Waals surface area contributed by atoms with Crippen LogP contribution in [0, 0.1) is 17.7 Å². The Morgan fingerprint density at radius 1 is 1.19 bits per heavy atom. The molecule has 3 rings (SSSR count). The molecule has 0 bridgehead atoms. The Kier molecular flexibility index (Phi) is 4.03. The number of halogens is 1. The molecule has 4 nitrogen and oxygen atoms in total. The maximum absolute atomic E-state index is 13.2. The molecular weight excluding hydrogens is 291 g/mol. The average molecular weight is 312 g/mol. The van der Waals surface area contributed by atoms with E-state index in [1.54, 1.807) is 23.4 Å². The quantitative estimate of drug-likeness (QED) is 0.847. The second-order valence-corrected chi connectivity index (χ2v) is 8.32. The molecule has 1 aromatic rings. The molecule has 6 heteroatoms. The zero-order valence-electron chi connectivity index (χ0n) is 12.2. The summed E-state index contributed by atoms with van der Waals surface area (Å²) >= 11 is 0. The van der Waals surface area contributed by atoms with Gasteiger partial charge in [-0.25, -0.2) is 17.1 Å². The van der Waals surface area contributed by atoms with Gasteiger partial charge in [-0.1, -0.05) is 12.1 Å². The Bertz CT molecular complexity index is 606. The number of rotatable bonds is 4. The average Bonchev–Trinajstić information content (AvgIpc) is 2.97. The lowest BCUT2D eigenvalue weighted by Crippen LogP contribution is -2.34. The van der Waals surface area contributed by atoms with Crippen LogP contribution >= 0.6 is 0 Å². The second-order valence-electron chi connectivity index (χ2n) is 6.06. The fourth-order valence-electron chi connectivity index (χ4n) is 3.48. The zero-order chi connectivity index (χ0) is 15.0. The summed E-state index contributed by atoms with van der Waals surface area (Å²) in [7, 11) is -3.06. The summed E-state index contributed by atoms with van der Waals surface area (Å²) in [5.41, 5.74) is 0.980. The molecule has 0 amide bonds. The van der Waals surface area contributed by atoms with E-state index in [9.17, 15) is 12.8 Å². The summed E-state index contributed by atoms with van der Waals surface area (Å²) in [6.45, 7) is 5.51. The van der Waals surface area contributed by atoms with E-state index >= 15 is 0 Å². The normalized spacial score (nSPS) is 27.1. The van der Waals surface area contributed by atoms with Crippen LogP contribution in [-0.2, 0) is 16.6 Å². The van der Waals surface area contributed by atoms with Crippen molar-refractivity contribution < 1.29 is 12.8 Å². The van der Waals surface area contributed by atoms with Crippen LogP contribution in [0.3, 0.4) is 0 Å². The topological polar surface area (TPSA) is 40.6 Å². The van der Waals surface area contributed by atoms with Crippen LogP contribution in [0.2, 0.25) is 0 Å². The van der Waals surface area contributed by atoms with E-state index in [1.165, 1.54) is 6.07 Å². The molecule has 2 heterocycles. The van der Waals surface area contributed by atoms with Crippen LogP contribution in [0.4, 0.5) is 4.39 Å². The van der Waals surface area contributed by atoms with Crippen molar-refractivity contribution >= 4 is 10.0 Å².